The lowest BCUT2D eigenvalue weighted by atomic mass is 9.91. The molecule has 5 nitrogen and oxygen atoms in total. The predicted molar refractivity (Wildman–Crippen MR) is 82.8 cm³/mol. The predicted octanol–water partition coefficient (Wildman–Crippen LogP) is 1.09. The molecular formula is C16H29N3O2. The third-order valence-electron chi connectivity index (χ3n) is 4.53. The number of carbonyl (C=O) groups is 2. The van der Waals surface area contributed by atoms with Gasteiger partial charge in [0.15, 0.2) is 0 Å². The third-order valence-corrected chi connectivity index (χ3v) is 4.53. The van der Waals surface area contributed by atoms with Gasteiger partial charge < -0.3 is 10.2 Å². The van der Waals surface area contributed by atoms with Crippen molar-refractivity contribution in [3.05, 3.63) is 0 Å². The Morgan fingerprint density at radius 3 is 2.33 bits per heavy atom. The first kappa shape index (κ1) is 16.3. The molecule has 1 aliphatic carbocycles. The molecule has 0 bridgehead atoms. The summed E-state index contributed by atoms with van der Waals surface area (Å²) in [6.07, 6.45) is 3.37. The summed E-state index contributed by atoms with van der Waals surface area (Å²) in [7, 11) is 1.85. The van der Waals surface area contributed by atoms with E-state index in [0.717, 1.165) is 25.9 Å². The number of amides is 2. The topological polar surface area (TPSA) is 52.7 Å². The molecule has 1 saturated heterocycles. The molecule has 0 spiro atoms. The maximum absolute atomic E-state index is 12.6. The van der Waals surface area contributed by atoms with Gasteiger partial charge in [0.2, 0.25) is 11.8 Å². The summed E-state index contributed by atoms with van der Waals surface area (Å²) in [5.41, 5.74) is 0. The molecule has 0 aromatic carbocycles. The third kappa shape index (κ3) is 4.70. The van der Waals surface area contributed by atoms with Crippen molar-refractivity contribution < 1.29 is 9.59 Å². The molecule has 2 fully saturated rings. The molecule has 0 unspecified atom stereocenters. The van der Waals surface area contributed by atoms with E-state index in [2.05, 4.69) is 19.2 Å². The summed E-state index contributed by atoms with van der Waals surface area (Å²) in [6.45, 7) is 8.28. The Morgan fingerprint density at radius 2 is 1.81 bits per heavy atom. The van der Waals surface area contributed by atoms with Gasteiger partial charge in [-0.05, 0) is 45.1 Å². The van der Waals surface area contributed by atoms with Crippen molar-refractivity contribution >= 4 is 11.8 Å². The average Bonchev–Trinajstić information content (AvgIpc) is 3.19. The Morgan fingerprint density at radius 1 is 1.24 bits per heavy atom. The Balaban J connectivity index is 1.83. The van der Waals surface area contributed by atoms with Crippen LogP contribution in [0.25, 0.3) is 0 Å². The second-order valence-corrected chi connectivity index (χ2v) is 7.12. The van der Waals surface area contributed by atoms with Gasteiger partial charge in [-0.3, -0.25) is 14.5 Å². The summed E-state index contributed by atoms with van der Waals surface area (Å²) in [4.78, 5) is 28.3. The molecular weight excluding hydrogens is 266 g/mol. The maximum Gasteiger partial charge on any atom is 0.239 e. The molecule has 0 aromatic rings. The van der Waals surface area contributed by atoms with Crippen LogP contribution in [0.15, 0.2) is 0 Å². The fraction of sp³-hybridized carbons (Fsp3) is 0.875. The number of likely N-dealkylation sites (tertiary alicyclic amines) is 1. The standard InChI is InChI=1S/C16H29N3O2/c1-11-7-12(2)9-19(8-11)16(21)13(3)18(4)10-15(20)17-14-5-6-14/h11-14H,5-10H2,1-4H3,(H,17,20)/t11-,12-,13-/m1/s1. The highest BCUT2D eigenvalue weighted by molar-refractivity contribution is 5.83. The lowest BCUT2D eigenvalue weighted by Gasteiger charge is -2.38. The number of nitrogens with one attached hydrogen (secondary N) is 1. The van der Waals surface area contributed by atoms with Crippen molar-refractivity contribution in [2.45, 2.75) is 52.1 Å². The Hall–Kier alpha value is -1.10. The van der Waals surface area contributed by atoms with Gasteiger partial charge in [0.1, 0.15) is 0 Å². The molecule has 1 saturated carbocycles. The Kier molecular flexibility index (Phi) is 5.25. The fourth-order valence-electron chi connectivity index (χ4n) is 3.16. The van der Waals surface area contributed by atoms with E-state index in [1.54, 1.807) is 0 Å². The van der Waals surface area contributed by atoms with E-state index in [9.17, 15) is 9.59 Å². The maximum atomic E-state index is 12.6. The van der Waals surface area contributed by atoms with Crippen LogP contribution in [0.2, 0.25) is 0 Å². The zero-order valence-corrected chi connectivity index (χ0v) is 13.8. The second-order valence-electron chi connectivity index (χ2n) is 7.12. The van der Waals surface area contributed by atoms with Crippen molar-refractivity contribution in [2.75, 3.05) is 26.7 Å². The Labute approximate surface area is 128 Å². The molecule has 3 atom stereocenters. The van der Waals surface area contributed by atoms with E-state index >= 15 is 0 Å². The summed E-state index contributed by atoms with van der Waals surface area (Å²) < 4.78 is 0. The van der Waals surface area contributed by atoms with Gasteiger partial charge in [-0.25, -0.2) is 0 Å². The van der Waals surface area contributed by atoms with Crippen LogP contribution in [0.1, 0.15) is 40.0 Å². The molecule has 1 aliphatic heterocycles. The summed E-state index contributed by atoms with van der Waals surface area (Å²) in [5.74, 6) is 1.30. The van der Waals surface area contributed by atoms with Gasteiger partial charge in [-0.15, -0.1) is 0 Å². The van der Waals surface area contributed by atoms with Gasteiger partial charge in [-0.1, -0.05) is 13.8 Å². The van der Waals surface area contributed by atoms with E-state index in [-0.39, 0.29) is 17.9 Å². The van der Waals surface area contributed by atoms with Gasteiger partial charge in [-0.2, -0.15) is 0 Å². The lowest BCUT2D eigenvalue weighted by molar-refractivity contribution is -0.139. The first-order valence-corrected chi connectivity index (χ1v) is 8.15. The molecule has 0 aromatic heterocycles. The van der Waals surface area contributed by atoms with Crippen LogP contribution in [-0.2, 0) is 9.59 Å². The number of carbonyl (C=O) groups excluding carboxylic acids is 2. The first-order valence-electron chi connectivity index (χ1n) is 8.15. The van der Waals surface area contributed by atoms with Crippen LogP contribution >= 0.6 is 0 Å². The smallest absolute Gasteiger partial charge is 0.239 e. The van der Waals surface area contributed by atoms with Crippen molar-refractivity contribution in [3.63, 3.8) is 0 Å². The molecule has 0 radical (unpaired) electrons. The van der Waals surface area contributed by atoms with Crippen LogP contribution in [0.4, 0.5) is 0 Å². The minimum Gasteiger partial charge on any atom is -0.352 e. The first-order chi connectivity index (χ1) is 9.86. The van der Waals surface area contributed by atoms with E-state index < -0.39 is 0 Å². The average molecular weight is 295 g/mol. The van der Waals surface area contributed by atoms with Gasteiger partial charge in [0.05, 0.1) is 12.6 Å². The highest BCUT2D eigenvalue weighted by Gasteiger charge is 2.31. The van der Waals surface area contributed by atoms with E-state index in [1.165, 1.54) is 6.42 Å². The van der Waals surface area contributed by atoms with Crippen molar-refractivity contribution in [1.29, 1.82) is 0 Å². The van der Waals surface area contributed by atoms with Gasteiger partial charge >= 0.3 is 0 Å². The summed E-state index contributed by atoms with van der Waals surface area (Å²) in [5, 5.41) is 2.97. The number of likely N-dealkylation sites (N-methyl/N-ethyl adjacent to an activating group) is 1. The van der Waals surface area contributed by atoms with Crippen LogP contribution < -0.4 is 5.32 Å². The molecule has 2 rings (SSSR count). The van der Waals surface area contributed by atoms with Crippen molar-refractivity contribution in [1.82, 2.24) is 15.1 Å². The number of hydrogen-bond acceptors (Lipinski definition) is 3. The van der Waals surface area contributed by atoms with Gasteiger partial charge in [0, 0.05) is 19.1 Å². The summed E-state index contributed by atoms with van der Waals surface area (Å²) >= 11 is 0. The van der Waals surface area contributed by atoms with Crippen molar-refractivity contribution in [2.24, 2.45) is 11.8 Å². The molecule has 21 heavy (non-hydrogen) atoms. The molecule has 1 heterocycles. The molecule has 120 valence electrons. The van der Waals surface area contributed by atoms with E-state index in [1.807, 2.05) is 23.8 Å². The molecule has 5 heteroatoms. The quantitative estimate of drug-likeness (QED) is 0.826. The molecule has 2 aliphatic rings. The zero-order valence-electron chi connectivity index (χ0n) is 13.8. The molecule has 2 amide bonds. The zero-order chi connectivity index (χ0) is 15.6. The number of piperidine rings is 1. The molecule has 1 N–H and O–H groups in total. The van der Waals surface area contributed by atoms with Gasteiger partial charge in [0.25, 0.3) is 0 Å². The highest BCUT2D eigenvalue weighted by atomic mass is 16.2. The van der Waals surface area contributed by atoms with Crippen LogP contribution in [0, 0.1) is 11.8 Å². The number of hydrogen-bond donors (Lipinski definition) is 1. The fourth-order valence-corrected chi connectivity index (χ4v) is 3.16. The summed E-state index contributed by atoms with van der Waals surface area (Å²) in [6, 6.07) is 0.133. The van der Waals surface area contributed by atoms with Crippen LogP contribution in [-0.4, -0.2) is 60.4 Å². The normalized spacial score (nSPS) is 27.6. The minimum atomic E-state index is -0.243. The highest BCUT2D eigenvalue weighted by Crippen LogP contribution is 2.22. The minimum absolute atomic E-state index is 0.0278. The van der Waals surface area contributed by atoms with Crippen LogP contribution in [0.5, 0.6) is 0 Å². The number of nitrogens with zero attached hydrogens (tertiary/aromatic N) is 2. The Bertz CT molecular complexity index is 385. The SMILES string of the molecule is C[C@@H]1C[C@@H](C)CN(C(=O)[C@@H](C)N(C)CC(=O)NC2CC2)C1. The monoisotopic (exact) mass is 295 g/mol. The van der Waals surface area contributed by atoms with E-state index in [4.69, 9.17) is 0 Å². The van der Waals surface area contributed by atoms with Crippen LogP contribution in [0.3, 0.4) is 0 Å². The lowest BCUT2D eigenvalue weighted by Crippen LogP contribution is -2.52. The largest absolute Gasteiger partial charge is 0.352 e. The van der Waals surface area contributed by atoms with E-state index in [0.29, 0.717) is 24.4 Å². The van der Waals surface area contributed by atoms with Crippen molar-refractivity contribution in [3.8, 4) is 0 Å². The number of rotatable bonds is 5. The second kappa shape index (κ2) is 6.77.